The van der Waals surface area contributed by atoms with Crippen molar-refractivity contribution in [2.24, 2.45) is 0 Å². The van der Waals surface area contributed by atoms with E-state index >= 15 is 0 Å². The van der Waals surface area contributed by atoms with Gasteiger partial charge in [-0.25, -0.2) is 4.98 Å². The lowest BCUT2D eigenvalue weighted by atomic mass is 10.2. The van der Waals surface area contributed by atoms with Crippen LogP contribution < -0.4 is 4.40 Å². The molecule has 0 bridgehead atoms. The molecular formula is C15H11N2S+. The molecule has 0 atom stereocenters. The number of hydrogen-bond acceptors (Lipinski definition) is 1. The Labute approximate surface area is 108 Å². The van der Waals surface area contributed by atoms with Gasteiger partial charge in [-0.05, 0) is 23.5 Å². The van der Waals surface area contributed by atoms with Gasteiger partial charge >= 0.3 is 4.96 Å². The van der Waals surface area contributed by atoms with Crippen molar-refractivity contribution in [3.8, 4) is 11.3 Å². The first-order chi connectivity index (χ1) is 8.92. The topological polar surface area (TPSA) is 19.9 Å². The van der Waals surface area contributed by atoms with Gasteiger partial charge in [0.1, 0.15) is 6.20 Å². The minimum atomic E-state index is 1.16. The maximum Gasteiger partial charge on any atom is 0.344 e. The van der Waals surface area contributed by atoms with Gasteiger partial charge in [-0.3, -0.25) is 0 Å². The maximum absolute atomic E-state index is 3.48. The lowest BCUT2D eigenvalue weighted by Gasteiger charge is -1.90. The molecule has 1 N–H and O–H groups in total. The zero-order chi connectivity index (χ0) is 11.9. The monoisotopic (exact) mass is 251 g/mol. The molecule has 0 aliphatic heterocycles. The van der Waals surface area contributed by atoms with Gasteiger partial charge in [-0.2, -0.15) is 4.40 Å². The van der Waals surface area contributed by atoms with E-state index in [4.69, 9.17) is 0 Å². The number of thiazole rings is 1. The quantitative estimate of drug-likeness (QED) is 0.498. The first kappa shape index (κ1) is 9.85. The predicted octanol–water partition coefficient (Wildman–Crippen LogP) is 3.64. The van der Waals surface area contributed by atoms with Crippen LogP contribution in [0.1, 0.15) is 0 Å². The Kier molecular flexibility index (Phi) is 2.02. The summed E-state index contributed by atoms with van der Waals surface area (Å²) >= 11 is 1.78. The average molecular weight is 251 g/mol. The molecule has 0 aliphatic carbocycles. The third-order valence-electron chi connectivity index (χ3n) is 3.13. The number of nitrogens with one attached hydrogen (secondary N) is 1. The van der Waals surface area contributed by atoms with Crippen molar-refractivity contribution in [3.05, 3.63) is 60.8 Å². The second-order valence-electron chi connectivity index (χ2n) is 4.28. The zero-order valence-corrected chi connectivity index (χ0v) is 10.4. The summed E-state index contributed by atoms with van der Waals surface area (Å²) < 4.78 is 3.53. The summed E-state index contributed by atoms with van der Waals surface area (Å²) in [5.41, 5.74) is 3.64. The average Bonchev–Trinajstić information content (AvgIpc) is 2.97. The standard InChI is InChI=1S/C15H10N2S/c1-2-6-11(7-3-1)12-10-17-13-8-4-5-9-14(13)18-15(17)16-12/h1-10H/p+1. The Balaban J connectivity index is 2.00. The molecule has 2 aromatic heterocycles. The molecule has 3 heteroatoms. The highest BCUT2D eigenvalue weighted by Gasteiger charge is 2.16. The van der Waals surface area contributed by atoms with E-state index in [2.05, 4.69) is 64.1 Å². The van der Waals surface area contributed by atoms with Crippen LogP contribution in [0.5, 0.6) is 0 Å². The Morgan fingerprint density at radius 1 is 0.889 bits per heavy atom. The van der Waals surface area contributed by atoms with Gasteiger partial charge in [-0.1, -0.05) is 42.5 Å². The molecule has 0 aliphatic rings. The van der Waals surface area contributed by atoms with E-state index in [1.54, 1.807) is 11.3 Å². The number of nitrogens with zero attached hydrogens (tertiary/aromatic N) is 1. The van der Waals surface area contributed by atoms with Crippen LogP contribution >= 0.6 is 11.3 Å². The highest BCUT2D eigenvalue weighted by atomic mass is 32.1. The van der Waals surface area contributed by atoms with Crippen molar-refractivity contribution in [3.63, 3.8) is 0 Å². The van der Waals surface area contributed by atoms with Crippen molar-refractivity contribution in [2.45, 2.75) is 0 Å². The molecule has 0 unspecified atom stereocenters. The van der Waals surface area contributed by atoms with E-state index in [1.165, 1.54) is 20.7 Å². The summed E-state index contributed by atoms with van der Waals surface area (Å²) in [6.45, 7) is 0. The fourth-order valence-corrected chi connectivity index (χ4v) is 3.30. The van der Waals surface area contributed by atoms with E-state index in [0.717, 1.165) is 5.69 Å². The molecule has 18 heavy (non-hydrogen) atoms. The van der Waals surface area contributed by atoms with Crippen molar-refractivity contribution in [1.29, 1.82) is 0 Å². The second-order valence-corrected chi connectivity index (χ2v) is 5.31. The van der Waals surface area contributed by atoms with E-state index in [1.807, 2.05) is 6.07 Å². The number of hydrogen-bond donors (Lipinski definition) is 1. The summed E-state index contributed by atoms with van der Waals surface area (Å²) in [7, 11) is 0. The molecule has 2 aromatic carbocycles. The summed E-state index contributed by atoms with van der Waals surface area (Å²) in [5, 5.41) is 0. The van der Waals surface area contributed by atoms with Crippen molar-refractivity contribution in [1.82, 2.24) is 4.98 Å². The van der Waals surface area contributed by atoms with Crippen LogP contribution in [-0.4, -0.2) is 4.98 Å². The molecule has 2 heterocycles. The van der Waals surface area contributed by atoms with Crippen LogP contribution in [0.3, 0.4) is 0 Å². The summed E-state index contributed by atoms with van der Waals surface area (Å²) in [6, 6.07) is 18.9. The molecule has 0 saturated heterocycles. The number of fused-ring (bicyclic) bond motifs is 3. The molecular weight excluding hydrogens is 240 g/mol. The van der Waals surface area contributed by atoms with Crippen molar-refractivity contribution in [2.75, 3.05) is 0 Å². The van der Waals surface area contributed by atoms with Crippen LogP contribution in [0.4, 0.5) is 0 Å². The normalized spacial score (nSPS) is 11.3. The number of H-pyrrole nitrogens is 1. The zero-order valence-electron chi connectivity index (χ0n) is 9.63. The van der Waals surface area contributed by atoms with Crippen LogP contribution in [-0.2, 0) is 0 Å². The van der Waals surface area contributed by atoms with Crippen LogP contribution in [0.2, 0.25) is 0 Å². The summed E-state index contributed by atoms with van der Waals surface area (Å²) in [6.07, 6.45) is 2.17. The number of rotatable bonds is 1. The number of benzene rings is 2. The minimum Gasteiger partial charge on any atom is -0.227 e. The number of aromatic nitrogens is 2. The maximum atomic E-state index is 3.48. The van der Waals surface area contributed by atoms with Crippen molar-refractivity contribution < 1.29 is 4.40 Å². The molecule has 0 radical (unpaired) electrons. The largest absolute Gasteiger partial charge is 0.344 e. The fourth-order valence-electron chi connectivity index (χ4n) is 2.26. The molecule has 4 rings (SSSR count). The van der Waals surface area contributed by atoms with Crippen LogP contribution in [0.25, 0.3) is 26.4 Å². The molecule has 86 valence electrons. The first-order valence-electron chi connectivity index (χ1n) is 5.89. The predicted molar refractivity (Wildman–Crippen MR) is 74.8 cm³/mol. The van der Waals surface area contributed by atoms with E-state index in [0.29, 0.717) is 0 Å². The summed E-state index contributed by atoms with van der Waals surface area (Å²) in [4.78, 5) is 4.66. The Morgan fingerprint density at radius 2 is 1.67 bits per heavy atom. The molecule has 0 saturated carbocycles. The molecule has 0 amide bonds. The van der Waals surface area contributed by atoms with E-state index in [9.17, 15) is 0 Å². The highest BCUT2D eigenvalue weighted by Crippen LogP contribution is 2.23. The Bertz CT molecular complexity index is 827. The summed E-state index contributed by atoms with van der Waals surface area (Å²) in [5.74, 6) is 0. The molecule has 4 aromatic rings. The van der Waals surface area contributed by atoms with Gasteiger partial charge in [0.05, 0.1) is 4.70 Å². The van der Waals surface area contributed by atoms with Gasteiger partial charge in [0, 0.05) is 5.56 Å². The number of para-hydroxylation sites is 1. The minimum absolute atomic E-state index is 1.16. The number of aromatic amines is 1. The van der Waals surface area contributed by atoms with Gasteiger partial charge < -0.3 is 0 Å². The third-order valence-corrected chi connectivity index (χ3v) is 4.19. The smallest absolute Gasteiger partial charge is 0.227 e. The molecule has 0 fully saturated rings. The second kappa shape index (κ2) is 3.68. The van der Waals surface area contributed by atoms with E-state index < -0.39 is 0 Å². The highest BCUT2D eigenvalue weighted by molar-refractivity contribution is 7.22. The van der Waals surface area contributed by atoms with E-state index in [-0.39, 0.29) is 0 Å². The van der Waals surface area contributed by atoms with Crippen LogP contribution in [0.15, 0.2) is 60.8 Å². The fraction of sp³-hybridized carbons (Fsp3) is 0. The molecule has 2 nitrogen and oxygen atoms in total. The first-order valence-corrected chi connectivity index (χ1v) is 6.71. The molecule has 0 spiro atoms. The number of imidazole rings is 1. The lowest BCUT2D eigenvalue weighted by molar-refractivity contribution is -0.475. The van der Waals surface area contributed by atoms with Crippen molar-refractivity contribution >= 4 is 26.5 Å². The Hall–Kier alpha value is -2.13. The lowest BCUT2D eigenvalue weighted by Crippen LogP contribution is -2.14. The van der Waals surface area contributed by atoms with Gasteiger partial charge in [-0.15, -0.1) is 0 Å². The SMILES string of the molecule is c1ccc(-c2c[n+]3c([nH]2)sc2ccccc23)cc1. The van der Waals surface area contributed by atoms with Crippen LogP contribution in [0, 0.1) is 0 Å². The van der Waals surface area contributed by atoms with Gasteiger partial charge in [0.2, 0.25) is 0 Å². The van der Waals surface area contributed by atoms with Gasteiger partial charge in [0.15, 0.2) is 11.2 Å². The third kappa shape index (κ3) is 1.38. The Morgan fingerprint density at radius 3 is 2.56 bits per heavy atom. The van der Waals surface area contributed by atoms with Gasteiger partial charge in [0.25, 0.3) is 0 Å².